The van der Waals surface area contributed by atoms with E-state index in [-0.39, 0.29) is 29.7 Å². The quantitative estimate of drug-likeness (QED) is 0.711. The Morgan fingerprint density at radius 3 is 2.23 bits per heavy atom. The number of hydrogen-bond acceptors (Lipinski definition) is 3. The van der Waals surface area contributed by atoms with Gasteiger partial charge >= 0.3 is 0 Å². The molecule has 1 heterocycles. The number of halogens is 3. The second kappa shape index (κ2) is 7.69. The van der Waals surface area contributed by atoms with Crippen molar-refractivity contribution in [2.75, 3.05) is 10.6 Å². The average molecular weight is 357 g/mol. The number of nitrogens with zero attached hydrogens (tertiary/aromatic N) is 1. The minimum atomic E-state index is -0.733. The highest BCUT2D eigenvalue weighted by molar-refractivity contribution is 5.92. The van der Waals surface area contributed by atoms with Crippen LogP contribution < -0.4 is 10.6 Å². The smallest absolute Gasteiger partial charge is 0.228 e. The highest BCUT2D eigenvalue weighted by Crippen LogP contribution is 2.22. The zero-order valence-corrected chi connectivity index (χ0v) is 13.5. The van der Waals surface area contributed by atoms with Crippen molar-refractivity contribution in [2.24, 2.45) is 0 Å². The van der Waals surface area contributed by atoms with Crippen LogP contribution in [-0.4, -0.2) is 10.9 Å². The van der Waals surface area contributed by atoms with Gasteiger partial charge in [-0.1, -0.05) is 18.2 Å². The summed E-state index contributed by atoms with van der Waals surface area (Å²) in [5, 5.41) is 5.20. The summed E-state index contributed by atoms with van der Waals surface area (Å²) in [6, 6.07) is 12.2. The van der Waals surface area contributed by atoms with Crippen LogP contribution in [0, 0.1) is 17.5 Å². The van der Waals surface area contributed by atoms with Crippen molar-refractivity contribution in [1.29, 1.82) is 0 Å². The monoisotopic (exact) mass is 357 g/mol. The summed E-state index contributed by atoms with van der Waals surface area (Å²) in [7, 11) is 0. The first kappa shape index (κ1) is 17.5. The van der Waals surface area contributed by atoms with Crippen LogP contribution in [0.3, 0.4) is 0 Å². The first-order chi connectivity index (χ1) is 12.5. The van der Waals surface area contributed by atoms with Gasteiger partial charge in [-0.25, -0.2) is 18.2 Å². The molecule has 26 heavy (non-hydrogen) atoms. The van der Waals surface area contributed by atoms with Crippen molar-refractivity contribution in [2.45, 2.75) is 6.42 Å². The number of amides is 1. The summed E-state index contributed by atoms with van der Waals surface area (Å²) in [6.45, 7) is 0. The number of benzene rings is 2. The third-order valence-electron chi connectivity index (χ3n) is 3.54. The highest BCUT2D eigenvalue weighted by Gasteiger charge is 2.09. The molecule has 132 valence electrons. The zero-order valence-electron chi connectivity index (χ0n) is 13.5. The van der Waals surface area contributed by atoms with E-state index in [2.05, 4.69) is 15.6 Å². The van der Waals surface area contributed by atoms with Crippen molar-refractivity contribution in [3.05, 3.63) is 83.8 Å². The Hall–Kier alpha value is -3.35. The van der Waals surface area contributed by atoms with E-state index in [1.54, 1.807) is 6.07 Å². The molecule has 0 radical (unpaired) electrons. The molecule has 0 aliphatic carbocycles. The lowest BCUT2D eigenvalue weighted by molar-refractivity contribution is -0.115. The first-order valence-electron chi connectivity index (χ1n) is 7.72. The molecule has 0 saturated heterocycles. The van der Waals surface area contributed by atoms with Crippen LogP contribution in [-0.2, 0) is 11.2 Å². The van der Waals surface area contributed by atoms with Crippen molar-refractivity contribution in [3.8, 4) is 0 Å². The summed E-state index contributed by atoms with van der Waals surface area (Å²) < 4.78 is 40.1. The maximum atomic E-state index is 13.6. The molecule has 0 unspecified atom stereocenters. The molecule has 0 saturated carbocycles. The van der Waals surface area contributed by atoms with Gasteiger partial charge in [0, 0.05) is 0 Å². The van der Waals surface area contributed by atoms with Gasteiger partial charge in [-0.15, -0.1) is 0 Å². The van der Waals surface area contributed by atoms with Gasteiger partial charge < -0.3 is 10.6 Å². The number of rotatable bonds is 5. The van der Waals surface area contributed by atoms with Gasteiger partial charge in [0.1, 0.15) is 29.0 Å². The number of hydrogen-bond donors (Lipinski definition) is 2. The first-order valence-corrected chi connectivity index (χ1v) is 7.72. The lowest BCUT2D eigenvalue weighted by Crippen LogP contribution is -2.14. The Labute approximate surface area is 147 Å². The van der Waals surface area contributed by atoms with Crippen LogP contribution in [0.15, 0.2) is 60.8 Å². The van der Waals surface area contributed by atoms with Crippen LogP contribution in [0.1, 0.15) is 5.56 Å². The van der Waals surface area contributed by atoms with E-state index in [1.165, 1.54) is 42.6 Å². The maximum Gasteiger partial charge on any atom is 0.228 e. The summed E-state index contributed by atoms with van der Waals surface area (Å²) >= 11 is 0. The molecule has 7 heteroatoms. The number of para-hydroxylation sites is 1. The molecule has 0 fully saturated rings. The van der Waals surface area contributed by atoms with E-state index in [0.29, 0.717) is 11.3 Å². The maximum absolute atomic E-state index is 13.6. The molecule has 4 nitrogen and oxygen atoms in total. The fourth-order valence-electron chi connectivity index (χ4n) is 2.28. The normalized spacial score (nSPS) is 10.4. The summed E-state index contributed by atoms with van der Waals surface area (Å²) in [6.07, 6.45) is 1.45. The van der Waals surface area contributed by atoms with Gasteiger partial charge in [-0.2, -0.15) is 0 Å². The molecule has 2 N–H and O–H groups in total. The molecule has 1 amide bonds. The van der Waals surface area contributed by atoms with Crippen molar-refractivity contribution >= 4 is 23.1 Å². The van der Waals surface area contributed by atoms with Gasteiger partial charge in [0.05, 0.1) is 18.3 Å². The van der Waals surface area contributed by atoms with Gasteiger partial charge in [0.15, 0.2) is 0 Å². The Bertz CT molecular complexity index is 892. The third-order valence-corrected chi connectivity index (χ3v) is 3.54. The van der Waals surface area contributed by atoms with Crippen LogP contribution in [0.2, 0.25) is 0 Å². The molecule has 0 atom stereocenters. The molecule has 0 bridgehead atoms. The van der Waals surface area contributed by atoms with E-state index in [1.807, 2.05) is 0 Å². The summed E-state index contributed by atoms with van der Waals surface area (Å²) in [5.41, 5.74) is 0.801. The van der Waals surface area contributed by atoms with Gasteiger partial charge in [0.2, 0.25) is 5.91 Å². The lowest BCUT2D eigenvalue weighted by atomic mass is 10.1. The molecule has 0 aliphatic heterocycles. The van der Waals surface area contributed by atoms with Crippen LogP contribution in [0.4, 0.5) is 30.4 Å². The van der Waals surface area contributed by atoms with Crippen molar-refractivity contribution in [3.63, 3.8) is 0 Å². The number of carbonyl (C=O) groups is 1. The Kier molecular flexibility index (Phi) is 5.17. The number of pyridine rings is 1. The minimum Gasteiger partial charge on any atom is -0.335 e. The molecule has 1 aromatic heterocycles. The van der Waals surface area contributed by atoms with Crippen LogP contribution in [0.25, 0.3) is 0 Å². The molecular weight excluding hydrogens is 343 g/mol. The van der Waals surface area contributed by atoms with E-state index in [0.717, 1.165) is 12.1 Å². The predicted octanol–water partition coefficient (Wildman–Crippen LogP) is 4.42. The van der Waals surface area contributed by atoms with Crippen LogP contribution >= 0.6 is 0 Å². The summed E-state index contributed by atoms with van der Waals surface area (Å²) in [4.78, 5) is 16.0. The molecule has 2 aromatic carbocycles. The molecule has 3 rings (SSSR count). The number of aromatic nitrogens is 1. The molecule has 0 spiro atoms. The number of anilines is 3. The van der Waals surface area contributed by atoms with E-state index in [4.69, 9.17) is 0 Å². The molecule has 3 aromatic rings. The van der Waals surface area contributed by atoms with Crippen LogP contribution in [0.5, 0.6) is 0 Å². The van der Waals surface area contributed by atoms with E-state index < -0.39 is 11.6 Å². The lowest BCUT2D eigenvalue weighted by Gasteiger charge is -2.09. The zero-order chi connectivity index (χ0) is 18.5. The second-order valence-corrected chi connectivity index (χ2v) is 5.51. The molecular formula is C19H14F3N3O. The Morgan fingerprint density at radius 1 is 0.923 bits per heavy atom. The van der Waals surface area contributed by atoms with E-state index in [9.17, 15) is 18.0 Å². The van der Waals surface area contributed by atoms with Gasteiger partial charge in [-0.3, -0.25) is 4.79 Å². The standard InChI is InChI=1S/C19H14F3N3O/c20-13-6-4-12(5-7-13)10-18(26)24-14-8-9-17(23-11-14)25-19-15(21)2-1-3-16(19)22/h1-9,11H,10H2,(H,23,25)(H,24,26). The fraction of sp³-hybridized carbons (Fsp3) is 0.0526. The molecule has 0 aliphatic rings. The second-order valence-electron chi connectivity index (χ2n) is 5.51. The predicted molar refractivity (Wildman–Crippen MR) is 92.6 cm³/mol. The number of nitrogens with one attached hydrogen (secondary N) is 2. The SMILES string of the molecule is O=C(Cc1ccc(F)cc1)Nc1ccc(Nc2c(F)cccc2F)nc1. The van der Waals surface area contributed by atoms with Gasteiger partial charge in [0.25, 0.3) is 0 Å². The topological polar surface area (TPSA) is 54.0 Å². The fourth-order valence-corrected chi connectivity index (χ4v) is 2.28. The highest BCUT2D eigenvalue weighted by atomic mass is 19.1. The van der Waals surface area contributed by atoms with E-state index >= 15 is 0 Å². The largest absolute Gasteiger partial charge is 0.335 e. The Morgan fingerprint density at radius 2 is 1.62 bits per heavy atom. The van der Waals surface area contributed by atoms with Crippen molar-refractivity contribution in [1.82, 2.24) is 4.98 Å². The third kappa shape index (κ3) is 4.38. The number of carbonyl (C=O) groups excluding carboxylic acids is 1. The minimum absolute atomic E-state index is 0.0840. The van der Waals surface area contributed by atoms with Crippen molar-refractivity contribution < 1.29 is 18.0 Å². The average Bonchev–Trinajstić information content (AvgIpc) is 2.62. The summed E-state index contributed by atoms with van der Waals surface area (Å²) in [5.74, 6) is -1.90. The Balaban J connectivity index is 1.62. The van der Waals surface area contributed by atoms with Gasteiger partial charge in [-0.05, 0) is 42.0 Å².